The van der Waals surface area contributed by atoms with Gasteiger partial charge in [0, 0.05) is 10.9 Å². The lowest BCUT2D eigenvalue weighted by Gasteiger charge is -2.13. The predicted molar refractivity (Wildman–Crippen MR) is 121 cm³/mol. The van der Waals surface area contributed by atoms with Crippen molar-refractivity contribution >= 4 is 34.3 Å². The molecule has 0 aliphatic rings. The van der Waals surface area contributed by atoms with Crippen molar-refractivity contribution in [3.05, 3.63) is 102 Å². The normalized spacial score (nSPS) is 12.3. The molecule has 0 bridgehead atoms. The van der Waals surface area contributed by atoms with E-state index in [2.05, 4.69) is 72.4 Å². The molecule has 4 aromatic carbocycles. The van der Waals surface area contributed by atoms with Gasteiger partial charge in [-0.15, -0.1) is 0 Å². The van der Waals surface area contributed by atoms with Crippen molar-refractivity contribution < 1.29 is 4.42 Å². The quantitative estimate of drug-likeness (QED) is 0.358. The fourth-order valence-electron chi connectivity index (χ4n) is 3.90. The van der Waals surface area contributed by atoms with E-state index in [0.29, 0.717) is 5.88 Å². The summed E-state index contributed by atoms with van der Waals surface area (Å²) in [6.45, 7) is 3.65. The molecule has 1 unspecified atom stereocenters. The Labute approximate surface area is 169 Å². The molecule has 1 atom stereocenters. The van der Waals surface area contributed by atoms with Gasteiger partial charge in [-0.05, 0) is 52.4 Å². The molecule has 0 fully saturated rings. The summed E-state index contributed by atoms with van der Waals surface area (Å²) in [6.07, 6.45) is 0. The highest BCUT2D eigenvalue weighted by Gasteiger charge is 2.21. The van der Waals surface area contributed by atoms with Gasteiger partial charge in [0.2, 0.25) is 5.88 Å². The Hall–Kier alpha value is -3.69. The summed E-state index contributed by atoms with van der Waals surface area (Å²) >= 11 is 0. The third-order valence-electron chi connectivity index (χ3n) is 5.40. The van der Waals surface area contributed by atoms with Gasteiger partial charge in [-0.2, -0.15) is 0 Å². The van der Waals surface area contributed by atoms with Crippen LogP contribution < -0.4 is 5.73 Å². The Bertz CT molecular complexity index is 1340. The minimum atomic E-state index is -0.350. The van der Waals surface area contributed by atoms with Crippen molar-refractivity contribution in [2.45, 2.75) is 6.04 Å². The van der Waals surface area contributed by atoms with Crippen LogP contribution in [0.25, 0.3) is 32.9 Å². The van der Waals surface area contributed by atoms with E-state index >= 15 is 0 Å². The van der Waals surface area contributed by atoms with E-state index in [1.807, 2.05) is 30.3 Å². The zero-order chi connectivity index (χ0) is 19.8. The lowest BCUT2D eigenvalue weighted by molar-refractivity contribution is 0.618. The molecule has 0 aliphatic heterocycles. The van der Waals surface area contributed by atoms with Crippen LogP contribution in [-0.4, -0.2) is 6.72 Å². The average Bonchev–Trinajstić information content (AvgIpc) is 3.17. The molecule has 1 aromatic heterocycles. The van der Waals surface area contributed by atoms with Crippen LogP contribution in [0.2, 0.25) is 0 Å². The molecule has 1 heterocycles. The van der Waals surface area contributed by atoms with Gasteiger partial charge in [0.25, 0.3) is 0 Å². The Kier molecular flexibility index (Phi) is 4.23. The molecule has 5 rings (SSSR count). The molecular formula is C26H20N2O. The molecule has 0 saturated heterocycles. The van der Waals surface area contributed by atoms with Crippen LogP contribution >= 0.6 is 0 Å². The maximum atomic E-state index is 6.67. The van der Waals surface area contributed by atoms with Gasteiger partial charge in [0.05, 0.1) is 6.04 Å². The van der Waals surface area contributed by atoms with Gasteiger partial charge < -0.3 is 10.2 Å². The SMILES string of the molecule is C=Nc1oc2ccccc2c1C(N)c1ccc2cc(-c3ccccc3)ccc2c1. The van der Waals surface area contributed by atoms with Crippen molar-refractivity contribution in [2.75, 3.05) is 0 Å². The monoisotopic (exact) mass is 376 g/mol. The number of benzene rings is 4. The number of nitrogens with zero attached hydrogens (tertiary/aromatic N) is 1. The van der Waals surface area contributed by atoms with E-state index in [0.717, 1.165) is 27.5 Å². The number of hydrogen-bond acceptors (Lipinski definition) is 3. The second kappa shape index (κ2) is 7.04. The van der Waals surface area contributed by atoms with E-state index in [1.54, 1.807) is 0 Å². The number of rotatable bonds is 4. The summed E-state index contributed by atoms with van der Waals surface area (Å²) in [6, 6.07) is 30.8. The fourth-order valence-corrected chi connectivity index (χ4v) is 3.90. The summed E-state index contributed by atoms with van der Waals surface area (Å²) in [7, 11) is 0. The number of para-hydroxylation sites is 1. The molecular weight excluding hydrogens is 356 g/mol. The first-order valence-electron chi connectivity index (χ1n) is 9.57. The van der Waals surface area contributed by atoms with E-state index in [1.165, 1.54) is 16.5 Å². The van der Waals surface area contributed by atoms with Crippen LogP contribution in [0.1, 0.15) is 17.2 Å². The number of nitrogens with two attached hydrogens (primary N) is 1. The van der Waals surface area contributed by atoms with Crippen molar-refractivity contribution in [1.82, 2.24) is 0 Å². The molecule has 0 radical (unpaired) electrons. The van der Waals surface area contributed by atoms with Crippen LogP contribution in [0.15, 0.2) is 100 Å². The standard InChI is InChI=1S/C26H20N2O/c1-28-26-24(22-9-5-6-10-23(22)29-26)25(27)21-14-13-19-15-18(11-12-20(19)16-21)17-7-3-2-4-8-17/h2-16,25H,1,27H2. The lowest BCUT2D eigenvalue weighted by atomic mass is 9.94. The van der Waals surface area contributed by atoms with Gasteiger partial charge in [-0.1, -0.05) is 72.8 Å². The topological polar surface area (TPSA) is 51.5 Å². The van der Waals surface area contributed by atoms with Crippen LogP contribution in [0.3, 0.4) is 0 Å². The molecule has 5 aromatic rings. The Morgan fingerprint density at radius 2 is 1.48 bits per heavy atom. The maximum Gasteiger partial charge on any atom is 0.224 e. The molecule has 140 valence electrons. The van der Waals surface area contributed by atoms with Gasteiger partial charge in [0.1, 0.15) is 5.58 Å². The maximum absolute atomic E-state index is 6.67. The average molecular weight is 376 g/mol. The molecule has 3 heteroatoms. The molecule has 0 aliphatic carbocycles. The Morgan fingerprint density at radius 3 is 2.31 bits per heavy atom. The van der Waals surface area contributed by atoms with E-state index < -0.39 is 0 Å². The lowest BCUT2D eigenvalue weighted by Crippen LogP contribution is -2.11. The summed E-state index contributed by atoms with van der Waals surface area (Å²) in [5, 5.41) is 3.31. The minimum absolute atomic E-state index is 0.350. The predicted octanol–water partition coefficient (Wildman–Crippen LogP) is 6.63. The van der Waals surface area contributed by atoms with Gasteiger partial charge >= 0.3 is 0 Å². The Balaban J connectivity index is 1.58. The molecule has 0 saturated carbocycles. The van der Waals surface area contributed by atoms with Crippen LogP contribution in [0.4, 0.5) is 5.88 Å². The molecule has 29 heavy (non-hydrogen) atoms. The fraction of sp³-hybridized carbons (Fsp3) is 0.0385. The number of furan rings is 1. The second-order valence-corrected chi connectivity index (χ2v) is 7.14. The summed E-state index contributed by atoms with van der Waals surface area (Å²) < 4.78 is 5.83. The largest absolute Gasteiger partial charge is 0.438 e. The highest BCUT2D eigenvalue weighted by atomic mass is 16.3. The first kappa shape index (κ1) is 17.4. The summed E-state index contributed by atoms with van der Waals surface area (Å²) in [5.74, 6) is 0.484. The van der Waals surface area contributed by atoms with Crippen molar-refractivity contribution in [1.29, 1.82) is 0 Å². The highest BCUT2D eigenvalue weighted by Crippen LogP contribution is 2.38. The van der Waals surface area contributed by atoms with E-state index in [-0.39, 0.29) is 6.04 Å². The smallest absolute Gasteiger partial charge is 0.224 e. The highest BCUT2D eigenvalue weighted by molar-refractivity contribution is 5.89. The minimum Gasteiger partial charge on any atom is -0.438 e. The van der Waals surface area contributed by atoms with E-state index in [4.69, 9.17) is 10.2 Å². The third-order valence-corrected chi connectivity index (χ3v) is 5.40. The summed E-state index contributed by atoms with van der Waals surface area (Å²) in [5.41, 5.74) is 11.7. The zero-order valence-corrected chi connectivity index (χ0v) is 15.9. The molecule has 0 amide bonds. The Morgan fingerprint density at radius 1 is 0.759 bits per heavy atom. The molecule has 0 spiro atoms. The van der Waals surface area contributed by atoms with Gasteiger partial charge in [-0.3, -0.25) is 0 Å². The van der Waals surface area contributed by atoms with E-state index in [9.17, 15) is 0 Å². The second-order valence-electron chi connectivity index (χ2n) is 7.14. The zero-order valence-electron chi connectivity index (χ0n) is 15.9. The van der Waals surface area contributed by atoms with Crippen molar-refractivity contribution in [2.24, 2.45) is 10.7 Å². The molecule has 2 N–H and O–H groups in total. The number of aliphatic imine (C=N–C) groups is 1. The first-order chi connectivity index (χ1) is 14.2. The van der Waals surface area contributed by atoms with Crippen molar-refractivity contribution in [3.8, 4) is 11.1 Å². The number of hydrogen-bond donors (Lipinski definition) is 1. The third kappa shape index (κ3) is 3.02. The number of fused-ring (bicyclic) bond motifs is 2. The van der Waals surface area contributed by atoms with Crippen LogP contribution in [-0.2, 0) is 0 Å². The van der Waals surface area contributed by atoms with Gasteiger partial charge in [0.15, 0.2) is 0 Å². The van der Waals surface area contributed by atoms with Crippen molar-refractivity contribution in [3.63, 3.8) is 0 Å². The first-order valence-corrected chi connectivity index (χ1v) is 9.57. The molecule has 3 nitrogen and oxygen atoms in total. The van der Waals surface area contributed by atoms with Crippen LogP contribution in [0.5, 0.6) is 0 Å². The van der Waals surface area contributed by atoms with Gasteiger partial charge in [-0.25, -0.2) is 4.99 Å². The van der Waals surface area contributed by atoms with Crippen LogP contribution in [0, 0.1) is 0 Å². The summed E-state index contributed by atoms with van der Waals surface area (Å²) in [4.78, 5) is 4.07.